The fourth-order valence-electron chi connectivity index (χ4n) is 7.16. The fraction of sp³-hybridized carbons (Fsp3) is 0.234. The van der Waals surface area contributed by atoms with Crippen LogP contribution < -0.4 is 9.80 Å². The molecule has 0 aliphatic heterocycles. The minimum atomic E-state index is 0.0109. The normalized spacial score (nSPS) is 15.4. The molecular weight excluding hydrogens is 593 g/mol. The summed E-state index contributed by atoms with van der Waals surface area (Å²) in [5.74, 6) is 0.443. The van der Waals surface area contributed by atoms with E-state index in [1.54, 1.807) is 0 Å². The van der Waals surface area contributed by atoms with E-state index < -0.39 is 0 Å². The lowest BCUT2D eigenvalue weighted by molar-refractivity contribution is 0.361. The Labute approximate surface area is 293 Å². The zero-order valence-corrected chi connectivity index (χ0v) is 30.5. The van der Waals surface area contributed by atoms with Gasteiger partial charge in [0.2, 0.25) is 0 Å². The Bertz CT molecular complexity index is 2190. The van der Waals surface area contributed by atoms with Gasteiger partial charge in [0.05, 0.1) is 11.4 Å². The molecule has 6 aromatic carbocycles. The van der Waals surface area contributed by atoms with Crippen molar-refractivity contribution in [1.29, 1.82) is 0 Å². The largest absolute Gasteiger partial charge is 0.310 e. The molecule has 2 nitrogen and oxygen atoms in total. The van der Waals surface area contributed by atoms with Crippen LogP contribution in [0.3, 0.4) is 0 Å². The second-order valence-electron chi connectivity index (χ2n) is 14.8. The quantitative estimate of drug-likeness (QED) is 0.132. The third-order valence-corrected chi connectivity index (χ3v) is 11.1. The van der Waals surface area contributed by atoms with Gasteiger partial charge < -0.3 is 9.80 Å². The highest BCUT2D eigenvalue weighted by atomic mass is 15.2. The number of nitrogens with zero attached hydrogens (tertiary/aromatic N) is 2. The van der Waals surface area contributed by atoms with Crippen LogP contribution in [0.1, 0.15) is 54.2 Å². The molecule has 49 heavy (non-hydrogen) atoms. The first-order valence-electron chi connectivity index (χ1n) is 17.6. The van der Waals surface area contributed by atoms with Gasteiger partial charge in [-0.1, -0.05) is 99.7 Å². The van der Waals surface area contributed by atoms with E-state index >= 15 is 0 Å². The van der Waals surface area contributed by atoms with Crippen LogP contribution in [0.15, 0.2) is 127 Å². The highest BCUT2D eigenvalue weighted by Crippen LogP contribution is 2.51. The van der Waals surface area contributed by atoms with Crippen molar-refractivity contribution in [3.8, 4) is 0 Å². The zero-order valence-electron chi connectivity index (χ0n) is 30.5. The van der Waals surface area contributed by atoms with E-state index in [2.05, 4.69) is 193 Å². The second-order valence-corrected chi connectivity index (χ2v) is 14.8. The van der Waals surface area contributed by atoms with Gasteiger partial charge in [-0.15, -0.1) is 0 Å². The van der Waals surface area contributed by atoms with E-state index in [0.717, 1.165) is 11.4 Å². The van der Waals surface area contributed by atoms with Crippen LogP contribution >= 0.6 is 0 Å². The highest BCUT2D eigenvalue weighted by Gasteiger charge is 2.30. The van der Waals surface area contributed by atoms with Crippen molar-refractivity contribution in [2.24, 2.45) is 11.3 Å². The Morgan fingerprint density at radius 3 is 1.20 bits per heavy atom. The number of anilines is 5. The molecule has 1 unspecified atom stereocenters. The molecule has 6 aromatic rings. The number of hydrogen-bond donors (Lipinski definition) is 0. The first-order chi connectivity index (χ1) is 23.4. The number of fused-ring (bicyclic) bond motifs is 2. The maximum Gasteiger partial charge on any atom is 0.0619 e. The summed E-state index contributed by atoms with van der Waals surface area (Å²) in [4.78, 5) is 5.00. The summed E-state index contributed by atoms with van der Waals surface area (Å²) in [6.45, 7) is 20.2. The summed E-state index contributed by atoms with van der Waals surface area (Å²) in [6, 6.07) is 38.6. The molecule has 0 aromatic heterocycles. The van der Waals surface area contributed by atoms with Crippen LogP contribution in [0.4, 0.5) is 28.4 Å². The van der Waals surface area contributed by atoms with Crippen LogP contribution in [-0.2, 0) is 0 Å². The molecular formula is C47H48N2. The lowest BCUT2D eigenvalue weighted by Crippen LogP contribution is -2.26. The van der Waals surface area contributed by atoms with Crippen molar-refractivity contribution in [3.05, 3.63) is 160 Å². The summed E-state index contributed by atoms with van der Waals surface area (Å²) in [5.41, 5.74) is 14.9. The van der Waals surface area contributed by atoms with Crippen molar-refractivity contribution in [3.63, 3.8) is 0 Å². The third-order valence-electron chi connectivity index (χ3n) is 11.1. The van der Waals surface area contributed by atoms with E-state index in [-0.39, 0.29) is 5.41 Å². The molecule has 1 aliphatic carbocycles. The molecule has 0 amide bonds. The minimum absolute atomic E-state index is 0.0109. The first-order valence-corrected chi connectivity index (χ1v) is 17.6. The number of allylic oxidation sites excluding steroid dienone is 3. The molecule has 0 saturated carbocycles. The van der Waals surface area contributed by atoms with Gasteiger partial charge in [0, 0.05) is 44.3 Å². The molecule has 0 N–H and O–H groups in total. The molecule has 246 valence electrons. The number of benzene rings is 6. The molecule has 1 atom stereocenters. The molecule has 0 heterocycles. The van der Waals surface area contributed by atoms with E-state index in [0.29, 0.717) is 5.92 Å². The van der Waals surface area contributed by atoms with Crippen LogP contribution in [0.2, 0.25) is 0 Å². The monoisotopic (exact) mass is 640 g/mol. The van der Waals surface area contributed by atoms with Crippen molar-refractivity contribution in [2.75, 3.05) is 9.80 Å². The van der Waals surface area contributed by atoms with E-state index in [1.165, 1.54) is 77.7 Å². The van der Waals surface area contributed by atoms with Gasteiger partial charge in [0.25, 0.3) is 0 Å². The molecule has 0 spiro atoms. The maximum absolute atomic E-state index is 2.52. The van der Waals surface area contributed by atoms with E-state index in [4.69, 9.17) is 0 Å². The Morgan fingerprint density at radius 1 is 0.469 bits per heavy atom. The van der Waals surface area contributed by atoms with Gasteiger partial charge in [-0.3, -0.25) is 0 Å². The molecule has 0 saturated heterocycles. The third kappa shape index (κ3) is 5.74. The van der Waals surface area contributed by atoms with Crippen LogP contribution in [-0.4, -0.2) is 0 Å². The number of hydrogen-bond acceptors (Lipinski definition) is 2. The molecule has 2 heteroatoms. The maximum atomic E-state index is 2.52. The standard InChI is InChI=1S/C47H48N2/c1-30-18-22-37(26-33(30)4)48(38-23-19-31(2)34(5)27-38)45-41-14-10-12-16-43(41)46(44-17-13-11-15-42(44)45)49(39-24-20-32(3)35(6)28-39)40-25-21-36(7)47(8,9)29-40/h10-29,36H,1-9H3. The summed E-state index contributed by atoms with van der Waals surface area (Å²) < 4.78 is 0. The van der Waals surface area contributed by atoms with Crippen molar-refractivity contribution in [2.45, 2.75) is 62.3 Å². The fourth-order valence-corrected chi connectivity index (χ4v) is 7.16. The smallest absolute Gasteiger partial charge is 0.0619 e. The SMILES string of the molecule is Cc1ccc(N(C2=CC(C)(C)C(C)C=C2)c2c3ccccc3c(N(c3ccc(C)c(C)c3)c3ccc(C)c(C)c3)c3ccccc23)cc1C. The summed E-state index contributed by atoms with van der Waals surface area (Å²) in [5, 5.41) is 4.87. The average Bonchev–Trinajstić information content (AvgIpc) is 3.08. The lowest BCUT2D eigenvalue weighted by atomic mass is 9.76. The van der Waals surface area contributed by atoms with Crippen LogP contribution in [0.5, 0.6) is 0 Å². The predicted molar refractivity (Wildman–Crippen MR) is 213 cm³/mol. The molecule has 0 bridgehead atoms. The van der Waals surface area contributed by atoms with Gasteiger partial charge in [-0.25, -0.2) is 0 Å². The van der Waals surface area contributed by atoms with Crippen molar-refractivity contribution in [1.82, 2.24) is 0 Å². The Morgan fingerprint density at radius 2 is 0.837 bits per heavy atom. The molecule has 0 radical (unpaired) electrons. The van der Waals surface area contributed by atoms with Gasteiger partial charge in [-0.05, 0) is 129 Å². The summed E-state index contributed by atoms with van der Waals surface area (Å²) >= 11 is 0. The van der Waals surface area contributed by atoms with E-state index in [1.807, 2.05) is 0 Å². The summed E-state index contributed by atoms with van der Waals surface area (Å²) in [6.07, 6.45) is 7.18. The lowest BCUT2D eigenvalue weighted by Gasteiger charge is -2.37. The van der Waals surface area contributed by atoms with Crippen LogP contribution in [0.25, 0.3) is 21.5 Å². The highest BCUT2D eigenvalue weighted by molar-refractivity contribution is 6.23. The van der Waals surface area contributed by atoms with Crippen LogP contribution in [0, 0.1) is 52.9 Å². The molecule has 7 rings (SSSR count). The van der Waals surface area contributed by atoms with Gasteiger partial charge in [0.15, 0.2) is 0 Å². The minimum Gasteiger partial charge on any atom is -0.310 e. The summed E-state index contributed by atoms with van der Waals surface area (Å²) in [7, 11) is 0. The van der Waals surface area contributed by atoms with Gasteiger partial charge >= 0.3 is 0 Å². The Kier molecular flexibility index (Phi) is 8.23. The zero-order chi connectivity index (χ0) is 34.6. The van der Waals surface area contributed by atoms with Gasteiger partial charge in [-0.2, -0.15) is 0 Å². The number of aryl methyl sites for hydroxylation is 6. The first kappa shape index (κ1) is 32.5. The number of rotatable bonds is 6. The Balaban J connectivity index is 1.61. The molecule has 1 aliphatic rings. The van der Waals surface area contributed by atoms with E-state index in [9.17, 15) is 0 Å². The van der Waals surface area contributed by atoms with Crippen molar-refractivity contribution >= 4 is 50.0 Å². The topological polar surface area (TPSA) is 6.48 Å². The average molecular weight is 641 g/mol. The van der Waals surface area contributed by atoms with Gasteiger partial charge in [0.1, 0.15) is 0 Å². The Hall–Kier alpha value is -5.08. The van der Waals surface area contributed by atoms with Crippen molar-refractivity contribution < 1.29 is 0 Å². The molecule has 0 fully saturated rings. The second kappa shape index (κ2) is 12.4. The predicted octanol–water partition coefficient (Wildman–Crippen LogP) is 13.6.